The molecule has 1 aliphatic rings. The Morgan fingerprint density at radius 1 is 1.25 bits per heavy atom. The molecule has 0 radical (unpaired) electrons. The largest absolute Gasteiger partial charge is 0.458 e. The second kappa shape index (κ2) is 10.4. The smallest absolute Gasteiger partial charge is 0.338 e. The van der Waals surface area contributed by atoms with Crippen molar-refractivity contribution < 1.29 is 23.5 Å². The first-order chi connectivity index (χ1) is 17.2. The quantitative estimate of drug-likeness (QED) is 0.278. The average Bonchev–Trinajstić information content (AvgIpc) is 3.13. The Morgan fingerprint density at radius 2 is 1.97 bits per heavy atom. The lowest BCUT2D eigenvalue weighted by molar-refractivity contribution is -0.138. The van der Waals surface area contributed by atoms with Crippen molar-refractivity contribution in [2.75, 3.05) is 6.61 Å². The van der Waals surface area contributed by atoms with Crippen LogP contribution in [0.25, 0.3) is 6.08 Å². The summed E-state index contributed by atoms with van der Waals surface area (Å²) >= 11 is 7.21. The van der Waals surface area contributed by atoms with Gasteiger partial charge < -0.3 is 9.47 Å². The Morgan fingerprint density at radius 3 is 2.61 bits per heavy atom. The Bertz CT molecular complexity index is 1570. The highest BCUT2D eigenvalue weighted by Crippen LogP contribution is 2.31. The van der Waals surface area contributed by atoms with Crippen LogP contribution in [0.15, 0.2) is 76.2 Å². The molecule has 2 heterocycles. The zero-order valence-electron chi connectivity index (χ0n) is 19.3. The lowest BCUT2D eigenvalue weighted by atomic mass is 9.96. The summed E-state index contributed by atoms with van der Waals surface area (Å²) in [5, 5.41) is 0.156. The average molecular weight is 527 g/mol. The van der Waals surface area contributed by atoms with Crippen molar-refractivity contribution in [3.8, 4) is 5.75 Å². The van der Waals surface area contributed by atoms with Gasteiger partial charge in [0.1, 0.15) is 18.2 Å². The molecule has 0 bridgehead atoms. The molecular weight excluding hydrogens is 507 g/mol. The van der Waals surface area contributed by atoms with Crippen molar-refractivity contribution in [3.05, 3.63) is 108 Å². The van der Waals surface area contributed by atoms with Crippen molar-refractivity contribution in [3.63, 3.8) is 0 Å². The first-order valence-corrected chi connectivity index (χ1v) is 11.9. The molecule has 0 fully saturated rings. The molecule has 7 nitrogen and oxygen atoms in total. The predicted octanol–water partition coefficient (Wildman–Crippen LogP) is 3.68. The van der Waals surface area contributed by atoms with E-state index in [1.54, 1.807) is 31.2 Å². The van der Waals surface area contributed by atoms with Crippen LogP contribution in [-0.2, 0) is 14.3 Å². The first kappa shape index (κ1) is 25.3. The lowest BCUT2D eigenvalue weighted by Crippen LogP contribution is -2.40. The maximum absolute atomic E-state index is 14.4. The maximum Gasteiger partial charge on any atom is 0.338 e. The molecule has 1 unspecified atom stereocenters. The third-order valence-corrected chi connectivity index (χ3v) is 6.62. The number of hydrogen-bond acceptors (Lipinski definition) is 7. The highest BCUT2D eigenvalue weighted by atomic mass is 35.5. The number of halogens is 2. The van der Waals surface area contributed by atoms with Gasteiger partial charge in [0.2, 0.25) is 0 Å². The molecule has 1 aromatic heterocycles. The fraction of sp³-hybridized carbons (Fsp3) is 0.154. The number of aromatic nitrogens is 1. The van der Waals surface area contributed by atoms with E-state index in [4.69, 9.17) is 21.1 Å². The Kier molecular flexibility index (Phi) is 7.32. The van der Waals surface area contributed by atoms with Gasteiger partial charge in [0.05, 0.1) is 26.9 Å². The number of rotatable bonds is 6. The lowest BCUT2D eigenvalue weighted by Gasteiger charge is -2.24. The van der Waals surface area contributed by atoms with Crippen LogP contribution in [0.3, 0.4) is 0 Å². The highest BCUT2D eigenvalue weighted by Gasteiger charge is 2.33. The van der Waals surface area contributed by atoms with Gasteiger partial charge in [0, 0.05) is 12.5 Å². The molecule has 0 spiro atoms. The fourth-order valence-corrected chi connectivity index (χ4v) is 5.02. The number of carbonyl (C=O) groups excluding carboxylic acids is 2. The second-order valence-electron chi connectivity index (χ2n) is 7.77. The number of nitrogens with zero attached hydrogens (tertiary/aromatic N) is 2. The number of hydrogen-bond donors (Lipinski definition) is 0. The summed E-state index contributed by atoms with van der Waals surface area (Å²) in [4.78, 5) is 42.7. The summed E-state index contributed by atoms with van der Waals surface area (Å²) in [5.74, 6) is -1.40. The predicted molar refractivity (Wildman–Crippen MR) is 134 cm³/mol. The molecule has 1 atom stereocenters. The number of carbonyl (C=O) groups is 2. The number of esters is 2. The molecule has 0 saturated carbocycles. The van der Waals surface area contributed by atoms with E-state index in [1.807, 2.05) is 0 Å². The van der Waals surface area contributed by atoms with E-state index in [2.05, 4.69) is 11.6 Å². The summed E-state index contributed by atoms with van der Waals surface area (Å²) in [6.07, 6.45) is 2.81. The molecule has 0 saturated heterocycles. The van der Waals surface area contributed by atoms with E-state index < -0.39 is 29.4 Å². The summed E-state index contributed by atoms with van der Waals surface area (Å²) in [5.41, 5.74) is 0.693. The van der Waals surface area contributed by atoms with E-state index in [-0.39, 0.29) is 27.3 Å². The molecule has 3 aromatic rings. The number of fused-ring (bicyclic) bond motifs is 1. The van der Waals surface area contributed by atoms with Crippen molar-refractivity contribution >= 4 is 41.0 Å². The topological polar surface area (TPSA) is 87.0 Å². The molecule has 0 amide bonds. The molecule has 184 valence electrons. The number of thiazole rings is 1. The summed E-state index contributed by atoms with van der Waals surface area (Å²) in [6, 6.07) is 9.78. The van der Waals surface area contributed by atoms with Crippen LogP contribution in [0.2, 0.25) is 5.02 Å². The fourth-order valence-electron chi connectivity index (χ4n) is 3.77. The van der Waals surface area contributed by atoms with E-state index in [1.165, 1.54) is 41.8 Å². The molecule has 10 heteroatoms. The molecule has 1 aliphatic heterocycles. The van der Waals surface area contributed by atoms with Crippen LogP contribution in [0.4, 0.5) is 4.39 Å². The number of allylic oxidation sites excluding steroid dienone is 1. The minimum atomic E-state index is -0.886. The van der Waals surface area contributed by atoms with Crippen LogP contribution >= 0.6 is 22.9 Å². The van der Waals surface area contributed by atoms with Gasteiger partial charge >= 0.3 is 11.9 Å². The zero-order chi connectivity index (χ0) is 26.0. The van der Waals surface area contributed by atoms with Crippen molar-refractivity contribution in [2.45, 2.75) is 19.9 Å². The van der Waals surface area contributed by atoms with Crippen molar-refractivity contribution in [2.24, 2.45) is 4.99 Å². The van der Waals surface area contributed by atoms with Crippen molar-refractivity contribution in [1.82, 2.24) is 4.57 Å². The molecule has 0 aliphatic carbocycles. The molecule has 4 rings (SSSR count). The maximum atomic E-state index is 14.4. The van der Waals surface area contributed by atoms with Crippen LogP contribution in [0.5, 0.6) is 5.75 Å². The number of ether oxygens (including phenoxy) is 2. The van der Waals surface area contributed by atoms with Gasteiger partial charge in [-0.2, -0.15) is 0 Å². The van der Waals surface area contributed by atoms with Crippen molar-refractivity contribution in [1.29, 1.82) is 0 Å². The Balaban J connectivity index is 1.92. The monoisotopic (exact) mass is 526 g/mol. The van der Waals surface area contributed by atoms with Gasteiger partial charge in [-0.25, -0.2) is 14.2 Å². The van der Waals surface area contributed by atoms with Crippen LogP contribution in [-0.4, -0.2) is 23.1 Å². The van der Waals surface area contributed by atoms with Crippen LogP contribution < -0.4 is 19.6 Å². The van der Waals surface area contributed by atoms with Gasteiger partial charge in [-0.1, -0.05) is 53.8 Å². The van der Waals surface area contributed by atoms with Gasteiger partial charge in [-0.15, -0.1) is 0 Å². The minimum Gasteiger partial charge on any atom is -0.458 e. The van der Waals surface area contributed by atoms with Crippen LogP contribution in [0.1, 0.15) is 31.0 Å². The van der Waals surface area contributed by atoms with Gasteiger partial charge in [0.25, 0.3) is 5.56 Å². The molecule has 0 N–H and O–H groups in total. The Labute approximate surface area is 214 Å². The third kappa shape index (κ3) is 4.93. The zero-order valence-corrected chi connectivity index (χ0v) is 20.9. The third-order valence-electron chi connectivity index (χ3n) is 5.31. The molecular formula is C26H20ClFN2O5S. The normalized spacial score (nSPS) is 15.2. The second-order valence-corrected chi connectivity index (χ2v) is 9.18. The van der Waals surface area contributed by atoms with E-state index >= 15 is 0 Å². The summed E-state index contributed by atoms with van der Waals surface area (Å²) in [6.45, 7) is 6.47. The number of benzene rings is 2. The van der Waals surface area contributed by atoms with E-state index in [9.17, 15) is 18.8 Å². The highest BCUT2D eigenvalue weighted by molar-refractivity contribution is 7.07. The Hall–Kier alpha value is -3.82. The summed E-state index contributed by atoms with van der Waals surface area (Å²) in [7, 11) is 0. The SMILES string of the molecule is C=CCOC(=O)C1=C(C)N=c2sc(=Cc3c(F)cccc3Cl)c(=O)n2C1c1ccc(OC(C)=O)cc1. The van der Waals surface area contributed by atoms with Gasteiger partial charge in [-0.05, 0) is 42.8 Å². The summed E-state index contributed by atoms with van der Waals surface area (Å²) < 4.78 is 26.4. The molecule has 2 aromatic carbocycles. The standard InChI is InChI=1S/C26H20ClFN2O5S/c1-4-12-34-25(33)22-14(2)29-26-30(23(22)16-8-10-17(11-9-16)35-15(3)31)24(32)21(36-26)13-18-19(27)6-5-7-20(18)28/h4-11,13,23H,1,12H2,2-3H3. The first-order valence-electron chi connectivity index (χ1n) is 10.7. The van der Waals surface area contributed by atoms with E-state index in [0.29, 0.717) is 21.8 Å². The van der Waals surface area contributed by atoms with E-state index in [0.717, 1.165) is 11.3 Å². The molecule has 36 heavy (non-hydrogen) atoms. The van der Waals surface area contributed by atoms with Gasteiger partial charge in [0.15, 0.2) is 4.80 Å². The van der Waals surface area contributed by atoms with Gasteiger partial charge in [-0.3, -0.25) is 14.2 Å². The minimum absolute atomic E-state index is 0.0239. The van der Waals surface area contributed by atoms with Crippen LogP contribution in [0, 0.1) is 5.82 Å².